The molecule has 20 heavy (non-hydrogen) atoms. The SMILES string of the molecule is FC(F)(F)CCc1nc(=S)c(Br)c(-c2ccccc2)[nH]1. The Morgan fingerprint density at radius 1 is 1.20 bits per heavy atom. The van der Waals surface area contributed by atoms with Crippen molar-refractivity contribution in [3.8, 4) is 11.3 Å². The largest absolute Gasteiger partial charge is 0.389 e. The molecule has 0 bridgehead atoms. The van der Waals surface area contributed by atoms with E-state index in [2.05, 4.69) is 25.9 Å². The number of benzene rings is 1. The molecule has 7 heteroatoms. The van der Waals surface area contributed by atoms with Crippen LogP contribution in [0.25, 0.3) is 11.3 Å². The van der Waals surface area contributed by atoms with E-state index in [-0.39, 0.29) is 16.9 Å². The molecule has 1 aromatic carbocycles. The van der Waals surface area contributed by atoms with Gasteiger partial charge < -0.3 is 4.98 Å². The van der Waals surface area contributed by atoms with E-state index in [0.717, 1.165) is 5.56 Å². The highest BCUT2D eigenvalue weighted by atomic mass is 79.9. The third-order valence-corrected chi connectivity index (χ3v) is 3.95. The van der Waals surface area contributed by atoms with Crippen LogP contribution in [0.1, 0.15) is 12.2 Å². The van der Waals surface area contributed by atoms with Crippen molar-refractivity contribution >= 4 is 28.1 Å². The van der Waals surface area contributed by atoms with E-state index in [9.17, 15) is 13.2 Å². The number of hydrogen-bond acceptors (Lipinski definition) is 2. The van der Waals surface area contributed by atoms with Crippen molar-refractivity contribution in [1.82, 2.24) is 9.97 Å². The van der Waals surface area contributed by atoms with E-state index in [0.29, 0.717) is 10.2 Å². The van der Waals surface area contributed by atoms with Gasteiger partial charge in [-0.15, -0.1) is 0 Å². The van der Waals surface area contributed by atoms with E-state index in [4.69, 9.17) is 12.2 Å². The highest BCUT2D eigenvalue weighted by Crippen LogP contribution is 2.28. The van der Waals surface area contributed by atoms with Crippen LogP contribution in [0.5, 0.6) is 0 Å². The zero-order valence-electron chi connectivity index (χ0n) is 10.2. The summed E-state index contributed by atoms with van der Waals surface area (Å²) in [5.74, 6) is 0.231. The molecule has 2 nitrogen and oxygen atoms in total. The lowest BCUT2D eigenvalue weighted by atomic mass is 10.1. The van der Waals surface area contributed by atoms with Gasteiger partial charge in [-0.05, 0) is 21.5 Å². The number of aromatic amines is 1. The van der Waals surface area contributed by atoms with Crippen molar-refractivity contribution in [2.24, 2.45) is 0 Å². The van der Waals surface area contributed by atoms with Gasteiger partial charge in [0.05, 0.1) is 16.6 Å². The molecule has 0 aliphatic heterocycles. The predicted molar refractivity (Wildman–Crippen MR) is 76.9 cm³/mol. The zero-order chi connectivity index (χ0) is 14.8. The van der Waals surface area contributed by atoms with Crippen LogP contribution in [0.15, 0.2) is 34.8 Å². The van der Waals surface area contributed by atoms with Crippen molar-refractivity contribution in [1.29, 1.82) is 0 Å². The number of hydrogen-bond donors (Lipinski definition) is 1. The monoisotopic (exact) mass is 362 g/mol. The van der Waals surface area contributed by atoms with Gasteiger partial charge in [0, 0.05) is 6.42 Å². The molecule has 2 aromatic rings. The summed E-state index contributed by atoms with van der Waals surface area (Å²) in [7, 11) is 0. The second-order valence-electron chi connectivity index (χ2n) is 4.16. The Kier molecular flexibility index (Phi) is 4.59. The summed E-state index contributed by atoms with van der Waals surface area (Å²) in [6.45, 7) is 0. The van der Waals surface area contributed by atoms with Crippen LogP contribution in [-0.4, -0.2) is 16.1 Å². The number of aryl methyl sites for hydroxylation is 1. The lowest BCUT2D eigenvalue weighted by molar-refractivity contribution is -0.134. The van der Waals surface area contributed by atoms with Gasteiger partial charge in [-0.1, -0.05) is 42.5 Å². The zero-order valence-corrected chi connectivity index (χ0v) is 12.6. The van der Waals surface area contributed by atoms with Gasteiger partial charge in [-0.2, -0.15) is 13.2 Å². The highest BCUT2D eigenvalue weighted by molar-refractivity contribution is 9.10. The first-order valence-corrected chi connectivity index (χ1v) is 6.98. The van der Waals surface area contributed by atoms with Crippen LogP contribution in [0.3, 0.4) is 0 Å². The first-order valence-electron chi connectivity index (χ1n) is 5.78. The van der Waals surface area contributed by atoms with Crippen LogP contribution in [-0.2, 0) is 6.42 Å². The van der Waals surface area contributed by atoms with Gasteiger partial charge in [0.15, 0.2) is 0 Å². The minimum Gasteiger partial charge on any atom is -0.342 e. The minimum atomic E-state index is -4.21. The van der Waals surface area contributed by atoms with Gasteiger partial charge in [0.2, 0.25) is 0 Å². The number of nitrogens with one attached hydrogen (secondary N) is 1. The van der Waals surface area contributed by atoms with Crippen molar-refractivity contribution in [2.45, 2.75) is 19.0 Å². The molecule has 0 amide bonds. The Hall–Kier alpha value is -1.21. The Labute approximate surface area is 127 Å². The topological polar surface area (TPSA) is 28.7 Å². The van der Waals surface area contributed by atoms with Gasteiger partial charge >= 0.3 is 6.18 Å². The first kappa shape index (κ1) is 15.2. The second kappa shape index (κ2) is 6.05. The summed E-state index contributed by atoms with van der Waals surface area (Å²) in [6, 6.07) is 9.23. The molecule has 1 heterocycles. The average Bonchev–Trinajstić information content (AvgIpc) is 2.40. The van der Waals surface area contributed by atoms with Gasteiger partial charge in [-0.25, -0.2) is 4.98 Å². The second-order valence-corrected chi connectivity index (χ2v) is 5.34. The summed E-state index contributed by atoms with van der Waals surface area (Å²) in [4.78, 5) is 6.89. The number of halogens is 4. The van der Waals surface area contributed by atoms with Crippen LogP contribution >= 0.6 is 28.1 Å². The standard InChI is InChI=1S/C13H10BrF3N2S/c14-10-11(8-4-2-1-3-5-8)18-9(19-12(10)20)6-7-13(15,16)17/h1-5H,6-7H2,(H,18,19,20). The Balaban J connectivity index is 2.38. The molecule has 1 N–H and O–H groups in total. The molecular weight excluding hydrogens is 353 g/mol. The maximum atomic E-state index is 12.3. The molecule has 106 valence electrons. The van der Waals surface area contributed by atoms with Gasteiger partial charge in [0.25, 0.3) is 0 Å². The number of alkyl halides is 3. The molecule has 0 saturated heterocycles. The van der Waals surface area contributed by atoms with Gasteiger partial charge in [-0.3, -0.25) is 0 Å². The fourth-order valence-corrected chi connectivity index (χ4v) is 2.32. The molecule has 0 radical (unpaired) electrons. The normalized spacial score (nSPS) is 11.6. The van der Waals surface area contributed by atoms with Gasteiger partial charge in [0.1, 0.15) is 10.5 Å². The highest BCUT2D eigenvalue weighted by Gasteiger charge is 2.27. The van der Waals surface area contributed by atoms with E-state index in [1.165, 1.54) is 0 Å². The molecule has 1 aromatic heterocycles. The summed E-state index contributed by atoms with van der Waals surface area (Å²) >= 11 is 8.40. The lowest BCUT2D eigenvalue weighted by Crippen LogP contribution is -2.10. The van der Waals surface area contributed by atoms with E-state index >= 15 is 0 Å². The molecule has 2 rings (SSSR count). The molecule has 0 unspecified atom stereocenters. The summed E-state index contributed by atoms with van der Waals surface area (Å²) in [6.07, 6.45) is -5.36. The minimum absolute atomic E-state index is 0.222. The van der Waals surface area contributed by atoms with Crippen molar-refractivity contribution in [3.05, 3.63) is 45.3 Å². The van der Waals surface area contributed by atoms with Crippen LogP contribution in [0, 0.1) is 4.64 Å². The average molecular weight is 363 g/mol. The maximum absolute atomic E-state index is 12.3. The summed E-state index contributed by atoms with van der Waals surface area (Å²) < 4.78 is 37.6. The number of nitrogens with zero attached hydrogens (tertiary/aromatic N) is 1. The third-order valence-electron chi connectivity index (χ3n) is 2.62. The Bertz CT molecular complexity index is 653. The summed E-state index contributed by atoms with van der Waals surface area (Å²) in [5, 5.41) is 0. The van der Waals surface area contributed by atoms with Crippen molar-refractivity contribution in [2.75, 3.05) is 0 Å². The Morgan fingerprint density at radius 3 is 2.45 bits per heavy atom. The van der Waals surface area contributed by atoms with E-state index < -0.39 is 12.6 Å². The molecule has 0 atom stereocenters. The first-order chi connectivity index (χ1) is 9.37. The smallest absolute Gasteiger partial charge is 0.342 e. The number of aromatic nitrogens is 2. The molecule has 0 saturated carbocycles. The fourth-order valence-electron chi connectivity index (χ4n) is 1.69. The predicted octanol–water partition coefficient (Wildman–Crippen LogP) is 5.06. The number of H-pyrrole nitrogens is 1. The maximum Gasteiger partial charge on any atom is 0.389 e. The van der Waals surface area contributed by atoms with Crippen molar-refractivity contribution < 1.29 is 13.2 Å². The molecule has 0 aliphatic carbocycles. The third kappa shape index (κ3) is 3.89. The van der Waals surface area contributed by atoms with Crippen molar-refractivity contribution in [3.63, 3.8) is 0 Å². The van der Waals surface area contributed by atoms with E-state index in [1.807, 2.05) is 30.3 Å². The molecule has 0 aliphatic rings. The van der Waals surface area contributed by atoms with Crippen LogP contribution in [0.4, 0.5) is 13.2 Å². The summed E-state index contributed by atoms with van der Waals surface area (Å²) in [5.41, 5.74) is 1.48. The van der Waals surface area contributed by atoms with Crippen LogP contribution in [0.2, 0.25) is 0 Å². The molecule has 0 spiro atoms. The molecular formula is C13H10BrF3N2S. The fraction of sp³-hybridized carbons (Fsp3) is 0.231. The molecule has 0 fully saturated rings. The Morgan fingerprint density at radius 2 is 1.85 bits per heavy atom. The lowest BCUT2D eigenvalue weighted by Gasteiger charge is -2.10. The van der Waals surface area contributed by atoms with E-state index in [1.54, 1.807) is 0 Å². The number of rotatable bonds is 3. The quantitative estimate of drug-likeness (QED) is 0.772. The van der Waals surface area contributed by atoms with Crippen LogP contribution < -0.4 is 0 Å².